The number of amides is 1. The van der Waals surface area contributed by atoms with E-state index in [0.29, 0.717) is 47.8 Å². The summed E-state index contributed by atoms with van der Waals surface area (Å²) in [5, 5.41) is 18.7. The van der Waals surface area contributed by atoms with Gasteiger partial charge in [0.25, 0.3) is 0 Å². The third-order valence-corrected chi connectivity index (χ3v) is 7.46. The van der Waals surface area contributed by atoms with Crippen LogP contribution in [0.1, 0.15) is 57.0 Å². The number of hydrogen-bond acceptors (Lipinski definition) is 6. The number of pyridine rings is 1. The van der Waals surface area contributed by atoms with Crippen LogP contribution in [-0.2, 0) is 10.4 Å². The first-order valence-corrected chi connectivity index (χ1v) is 13.0. The average Bonchev–Trinajstić information content (AvgIpc) is 2.91. The largest absolute Gasteiger partial charge is 0.382 e. The van der Waals surface area contributed by atoms with Crippen LogP contribution in [-0.4, -0.2) is 32.0 Å². The van der Waals surface area contributed by atoms with Crippen LogP contribution in [0, 0.1) is 5.82 Å². The van der Waals surface area contributed by atoms with Crippen LogP contribution in [0.2, 0.25) is 5.02 Å². The minimum Gasteiger partial charge on any atom is -0.382 e. The summed E-state index contributed by atoms with van der Waals surface area (Å²) in [4.78, 5) is 24.8. The van der Waals surface area contributed by atoms with Crippen LogP contribution in [0.5, 0.6) is 0 Å². The number of nitrogens with zero attached hydrogens (tertiary/aromatic N) is 3. The molecule has 1 atom stereocenters. The molecule has 1 aliphatic rings. The molecular formula is C29H29ClFN5O2. The lowest BCUT2D eigenvalue weighted by Gasteiger charge is -2.34. The van der Waals surface area contributed by atoms with Gasteiger partial charge in [-0.15, -0.1) is 0 Å². The lowest BCUT2D eigenvalue weighted by Crippen LogP contribution is -2.42. The molecule has 1 fully saturated rings. The fraction of sp³-hybridized carbons (Fsp3) is 0.310. The van der Waals surface area contributed by atoms with E-state index in [9.17, 15) is 14.3 Å². The summed E-state index contributed by atoms with van der Waals surface area (Å²) in [7, 11) is 0. The maximum Gasteiger partial charge on any atom is 0.217 e. The van der Waals surface area contributed by atoms with Gasteiger partial charge in [-0.3, -0.25) is 9.78 Å². The standard InChI is InChI=1S/C29H29ClFN5O2/c1-17(22-5-3-4-6-25(22)31)35-27-23-13-19(7-8-26(23)32-16-24(27)30)20-14-33-28(34-15-20)29(38)11-9-21(10-12-29)36-18(2)37/h3-8,13-17,21,38H,9-12H2,1-2H3,(H,32,35)(H,36,37)/t17-,21?,29?/m1/s1. The van der Waals surface area contributed by atoms with Crippen LogP contribution in [0.25, 0.3) is 22.0 Å². The number of carbonyl (C=O) groups excluding carboxylic acids is 1. The van der Waals surface area contributed by atoms with Crippen molar-refractivity contribution in [1.29, 1.82) is 0 Å². The van der Waals surface area contributed by atoms with Crippen LogP contribution in [0.4, 0.5) is 10.1 Å². The molecule has 0 unspecified atom stereocenters. The Morgan fingerprint density at radius 3 is 2.47 bits per heavy atom. The Morgan fingerprint density at radius 2 is 1.79 bits per heavy atom. The topological polar surface area (TPSA) is 100 Å². The first kappa shape index (κ1) is 26.0. The van der Waals surface area contributed by atoms with E-state index in [2.05, 4.69) is 25.6 Å². The van der Waals surface area contributed by atoms with Crippen molar-refractivity contribution in [3.63, 3.8) is 0 Å². The molecule has 4 aromatic rings. The quantitative estimate of drug-likeness (QED) is 0.284. The van der Waals surface area contributed by atoms with Gasteiger partial charge in [0.1, 0.15) is 11.4 Å². The summed E-state index contributed by atoms with van der Waals surface area (Å²) in [6.45, 7) is 3.38. The van der Waals surface area contributed by atoms with Gasteiger partial charge in [-0.05, 0) is 56.4 Å². The van der Waals surface area contributed by atoms with Gasteiger partial charge in [-0.25, -0.2) is 14.4 Å². The summed E-state index contributed by atoms with van der Waals surface area (Å²) in [6.07, 6.45) is 7.28. The highest BCUT2D eigenvalue weighted by Gasteiger charge is 2.37. The lowest BCUT2D eigenvalue weighted by atomic mass is 9.81. The molecule has 196 valence electrons. The molecule has 0 spiro atoms. The molecule has 7 nitrogen and oxygen atoms in total. The Balaban J connectivity index is 1.40. The molecule has 5 rings (SSSR count). The average molecular weight is 534 g/mol. The Bertz CT molecular complexity index is 1470. The number of rotatable bonds is 6. The second-order valence-corrected chi connectivity index (χ2v) is 10.3. The second kappa shape index (κ2) is 10.6. The normalized spacial score (nSPS) is 20.2. The minimum absolute atomic E-state index is 0.0621. The molecule has 2 aromatic heterocycles. The summed E-state index contributed by atoms with van der Waals surface area (Å²) < 4.78 is 14.4. The molecule has 1 saturated carbocycles. The Hall–Kier alpha value is -3.62. The van der Waals surface area contributed by atoms with Crippen molar-refractivity contribution < 1.29 is 14.3 Å². The molecule has 0 radical (unpaired) electrons. The van der Waals surface area contributed by atoms with E-state index in [-0.39, 0.29) is 23.8 Å². The van der Waals surface area contributed by atoms with Crippen molar-refractivity contribution in [2.24, 2.45) is 0 Å². The van der Waals surface area contributed by atoms with Gasteiger partial charge in [-0.1, -0.05) is 35.9 Å². The Labute approximate surface area is 225 Å². The SMILES string of the molecule is CC(=O)NC1CCC(O)(c2ncc(-c3ccc4ncc(Cl)c(N[C@H](C)c5ccccc5F)c4c3)cn2)CC1. The maximum atomic E-state index is 14.4. The Kier molecular flexibility index (Phi) is 7.27. The number of anilines is 1. The number of benzene rings is 2. The van der Waals surface area contributed by atoms with Crippen molar-refractivity contribution in [1.82, 2.24) is 20.3 Å². The zero-order valence-corrected chi connectivity index (χ0v) is 22.0. The molecule has 0 bridgehead atoms. The molecule has 1 aliphatic carbocycles. The Morgan fingerprint density at radius 1 is 1.08 bits per heavy atom. The van der Waals surface area contributed by atoms with E-state index in [1.165, 1.54) is 13.0 Å². The molecule has 0 saturated heterocycles. The summed E-state index contributed by atoms with van der Waals surface area (Å²) >= 11 is 6.54. The summed E-state index contributed by atoms with van der Waals surface area (Å²) in [5.74, 6) is 0.0345. The predicted molar refractivity (Wildman–Crippen MR) is 146 cm³/mol. The number of aliphatic hydroxyl groups is 1. The molecule has 9 heteroatoms. The van der Waals surface area contributed by atoms with Gasteiger partial charge in [-0.2, -0.15) is 0 Å². The number of carbonyl (C=O) groups is 1. The van der Waals surface area contributed by atoms with Crippen molar-refractivity contribution in [2.45, 2.75) is 57.2 Å². The molecular weight excluding hydrogens is 505 g/mol. The first-order valence-electron chi connectivity index (χ1n) is 12.6. The molecule has 2 heterocycles. The molecule has 2 aromatic carbocycles. The number of aromatic nitrogens is 3. The van der Waals surface area contributed by atoms with Gasteiger partial charge < -0.3 is 15.7 Å². The fourth-order valence-electron chi connectivity index (χ4n) is 5.08. The van der Waals surface area contributed by atoms with E-state index in [1.807, 2.05) is 25.1 Å². The second-order valence-electron chi connectivity index (χ2n) is 9.90. The van der Waals surface area contributed by atoms with Gasteiger partial charge in [0, 0.05) is 48.1 Å². The van der Waals surface area contributed by atoms with Gasteiger partial charge in [0.05, 0.1) is 22.3 Å². The van der Waals surface area contributed by atoms with Crippen LogP contribution >= 0.6 is 11.6 Å². The third-order valence-electron chi connectivity index (χ3n) is 7.18. The maximum absolute atomic E-state index is 14.4. The van der Waals surface area contributed by atoms with Crippen molar-refractivity contribution in [2.75, 3.05) is 5.32 Å². The van der Waals surface area contributed by atoms with E-state index >= 15 is 0 Å². The van der Waals surface area contributed by atoms with E-state index < -0.39 is 5.60 Å². The molecule has 38 heavy (non-hydrogen) atoms. The van der Waals surface area contributed by atoms with E-state index in [4.69, 9.17) is 11.6 Å². The van der Waals surface area contributed by atoms with Gasteiger partial charge in [0.2, 0.25) is 5.91 Å². The number of halogens is 2. The lowest BCUT2D eigenvalue weighted by molar-refractivity contribution is -0.120. The van der Waals surface area contributed by atoms with Crippen LogP contribution < -0.4 is 10.6 Å². The zero-order chi connectivity index (χ0) is 26.9. The first-order chi connectivity index (χ1) is 18.2. The monoisotopic (exact) mass is 533 g/mol. The number of nitrogens with one attached hydrogen (secondary N) is 2. The van der Waals surface area contributed by atoms with E-state index in [0.717, 1.165) is 22.0 Å². The summed E-state index contributed by atoms with van der Waals surface area (Å²) in [6, 6.07) is 12.2. The molecule has 1 amide bonds. The predicted octanol–water partition coefficient (Wildman–Crippen LogP) is 5.92. The van der Waals surface area contributed by atoms with Crippen LogP contribution in [0.3, 0.4) is 0 Å². The highest BCUT2D eigenvalue weighted by Crippen LogP contribution is 2.37. The zero-order valence-electron chi connectivity index (χ0n) is 21.2. The summed E-state index contributed by atoms with van der Waals surface area (Å²) in [5.41, 5.74) is 2.46. The molecule has 0 aliphatic heterocycles. The molecule has 3 N–H and O–H groups in total. The van der Waals surface area contributed by atoms with Gasteiger partial charge >= 0.3 is 0 Å². The highest BCUT2D eigenvalue weighted by atomic mass is 35.5. The third kappa shape index (κ3) is 5.33. The fourth-order valence-corrected chi connectivity index (χ4v) is 5.29. The van der Waals surface area contributed by atoms with Gasteiger partial charge in [0.15, 0.2) is 5.82 Å². The van der Waals surface area contributed by atoms with Crippen molar-refractivity contribution >= 4 is 34.1 Å². The minimum atomic E-state index is -1.12. The number of fused-ring (bicyclic) bond motifs is 1. The van der Waals surface area contributed by atoms with E-state index in [1.54, 1.807) is 36.8 Å². The highest BCUT2D eigenvalue weighted by molar-refractivity contribution is 6.34. The van der Waals surface area contributed by atoms with Crippen molar-refractivity contribution in [3.8, 4) is 11.1 Å². The number of hydrogen-bond donors (Lipinski definition) is 3. The van der Waals surface area contributed by atoms with Crippen molar-refractivity contribution in [3.05, 3.63) is 83.3 Å². The smallest absolute Gasteiger partial charge is 0.217 e. The van der Waals surface area contributed by atoms with Crippen LogP contribution in [0.15, 0.2) is 61.1 Å².